The van der Waals surface area contributed by atoms with Crippen LogP contribution in [0, 0.1) is 0 Å². The molecule has 0 aromatic heterocycles. The van der Waals surface area contributed by atoms with Gasteiger partial charge in [0.25, 0.3) is 0 Å². The third-order valence-corrected chi connectivity index (χ3v) is 16.6. The highest BCUT2D eigenvalue weighted by atomic mass is 28.3. The normalized spacial score (nSPS) is 13.1. The van der Waals surface area contributed by atoms with E-state index in [9.17, 15) is 0 Å². The molecule has 11 rings (SSSR count). The van der Waals surface area contributed by atoms with E-state index in [0.717, 1.165) is 0 Å². The number of benzene rings is 10. The lowest BCUT2D eigenvalue weighted by Crippen LogP contribution is -2.76. The van der Waals surface area contributed by atoms with Gasteiger partial charge in [0.1, 0.15) is 0 Å². The number of fused-ring (bicyclic) bond motifs is 6. The van der Waals surface area contributed by atoms with Crippen LogP contribution < -0.4 is 20.7 Å². The van der Waals surface area contributed by atoms with Gasteiger partial charge in [-0.2, -0.15) is 0 Å². The lowest BCUT2D eigenvalue weighted by molar-refractivity contribution is 1.61. The Balaban J connectivity index is 1.14. The van der Waals surface area contributed by atoms with Crippen LogP contribution in [0.5, 0.6) is 0 Å². The molecule has 0 atom stereocenters. The Morgan fingerprint density at radius 2 is 0.887 bits per heavy atom. The largest absolute Gasteiger partial charge is 0.180 e. The zero-order chi connectivity index (χ0) is 34.9. The van der Waals surface area contributed by atoms with Gasteiger partial charge in [-0.1, -0.05) is 200 Å². The number of hydrogen-bond acceptors (Lipinski definition) is 0. The smallest absolute Gasteiger partial charge is 0.0623 e. The third-order valence-electron chi connectivity index (χ3n) is 11.7. The molecular weight excluding hydrogens is 653 g/mol. The lowest BCUT2D eigenvalue weighted by Gasteiger charge is -2.40. The van der Waals surface area contributed by atoms with Crippen molar-refractivity contribution in [1.82, 2.24) is 0 Å². The Hall–Kier alpha value is -6.54. The number of rotatable bonds is 4. The minimum atomic E-state index is -2.66. The van der Waals surface area contributed by atoms with Crippen LogP contribution in [0.25, 0.3) is 76.5 Å². The van der Waals surface area contributed by atoms with Gasteiger partial charge in [-0.25, -0.2) is 0 Å². The van der Waals surface area contributed by atoms with Crippen molar-refractivity contribution in [3.63, 3.8) is 0 Å². The van der Waals surface area contributed by atoms with Crippen molar-refractivity contribution in [2.75, 3.05) is 0 Å². The summed E-state index contributed by atoms with van der Waals surface area (Å²) in [5, 5.41) is 16.2. The first-order valence-electron chi connectivity index (χ1n) is 18.5. The van der Waals surface area contributed by atoms with Crippen LogP contribution >= 0.6 is 0 Å². The predicted octanol–water partition coefficient (Wildman–Crippen LogP) is 11.0. The maximum absolute atomic E-state index is 2.66. The molecule has 246 valence electrons. The molecule has 10 aromatic carbocycles. The van der Waals surface area contributed by atoms with Gasteiger partial charge in [0, 0.05) is 0 Å². The molecule has 0 bridgehead atoms. The summed E-state index contributed by atoms with van der Waals surface area (Å²) in [6, 6.07) is 77.4. The first-order chi connectivity index (χ1) is 26.3. The fraction of sp³-hybridized carbons (Fsp3) is 0. The van der Waals surface area contributed by atoms with Crippen LogP contribution in [-0.2, 0) is 0 Å². The quantitative estimate of drug-likeness (QED) is 0.0982. The molecule has 0 unspecified atom stereocenters. The minimum Gasteiger partial charge on any atom is -0.0623 e. The molecule has 1 heterocycles. The van der Waals surface area contributed by atoms with Gasteiger partial charge in [-0.15, -0.1) is 0 Å². The second-order valence-electron chi connectivity index (χ2n) is 14.3. The molecule has 53 heavy (non-hydrogen) atoms. The Kier molecular flexibility index (Phi) is 6.67. The first-order valence-corrected chi connectivity index (χ1v) is 20.5. The SMILES string of the molecule is c1ccc([Si]2(c3ccccc3)c3ccccc3-c3cccc4c(-c5ccc(-c6c7ccccc7cc7c6ccc6ccccc67)cc5)ccc2c34)cc1. The summed E-state index contributed by atoms with van der Waals surface area (Å²) in [6.45, 7) is 0. The second-order valence-corrected chi connectivity index (χ2v) is 18.1. The molecule has 0 radical (unpaired) electrons. The Bertz CT molecular complexity index is 2990. The van der Waals surface area contributed by atoms with Crippen LogP contribution in [0.15, 0.2) is 206 Å². The van der Waals surface area contributed by atoms with Crippen molar-refractivity contribution in [1.29, 1.82) is 0 Å². The standard InChI is InChI=1S/C52H34Si/c1-3-16-39(17-4-1)53(40-18-5-2-6-19-40)49-25-12-11-22-44(49)46-24-13-23-45-42(32-33-50(53)52(45)46)36-26-28-37(29-27-36)51-43-21-10-8-15-38(43)34-48-41-20-9-7-14-35(41)30-31-47(48)51/h1-34H. The van der Waals surface area contributed by atoms with Crippen LogP contribution in [0.2, 0.25) is 0 Å². The van der Waals surface area contributed by atoms with E-state index in [0.29, 0.717) is 0 Å². The van der Waals surface area contributed by atoms with Gasteiger partial charge in [0.15, 0.2) is 8.07 Å². The van der Waals surface area contributed by atoms with Gasteiger partial charge in [0.05, 0.1) is 0 Å². The Labute approximate surface area is 310 Å². The Morgan fingerprint density at radius 1 is 0.283 bits per heavy atom. The molecule has 1 heteroatoms. The van der Waals surface area contributed by atoms with E-state index >= 15 is 0 Å². The highest BCUT2D eigenvalue weighted by molar-refractivity contribution is 7.21. The Morgan fingerprint density at radius 3 is 1.66 bits per heavy atom. The van der Waals surface area contributed by atoms with Crippen LogP contribution in [0.1, 0.15) is 0 Å². The summed E-state index contributed by atoms with van der Waals surface area (Å²) in [5.74, 6) is 0. The highest BCUT2D eigenvalue weighted by Gasteiger charge is 2.46. The van der Waals surface area contributed by atoms with Gasteiger partial charge < -0.3 is 0 Å². The van der Waals surface area contributed by atoms with E-state index in [2.05, 4.69) is 206 Å². The third kappa shape index (κ3) is 4.35. The van der Waals surface area contributed by atoms with Gasteiger partial charge in [0.2, 0.25) is 0 Å². The highest BCUT2D eigenvalue weighted by Crippen LogP contribution is 2.42. The minimum absolute atomic E-state index is 1.23. The van der Waals surface area contributed by atoms with Gasteiger partial charge in [-0.05, 0) is 103 Å². The second kappa shape index (κ2) is 11.7. The average molecular weight is 687 g/mol. The maximum Gasteiger partial charge on any atom is 0.180 e. The molecule has 0 fully saturated rings. The molecule has 1 aliphatic heterocycles. The average Bonchev–Trinajstić information content (AvgIpc) is 3.24. The monoisotopic (exact) mass is 686 g/mol. The van der Waals surface area contributed by atoms with E-state index in [1.54, 1.807) is 0 Å². The summed E-state index contributed by atoms with van der Waals surface area (Å²) < 4.78 is 0. The summed E-state index contributed by atoms with van der Waals surface area (Å²) in [4.78, 5) is 0. The van der Waals surface area contributed by atoms with E-state index in [1.165, 1.54) is 97.2 Å². The van der Waals surface area contributed by atoms with Crippen molar-refractivity contribution >= 4 is 71.9 Å². The maximum atomic E-state index is 2.47. The molecule has 0 amide bonds. The predicted molar refractivity (Wildman–Crippen MR) is 230 cm³/mol. The fourth-order valence-electron chi connectivity index (χ4n) is 9.50. The van der Waals surface area contributed by atoms with Crippen molar-refractivity contribution in [2.45, 2.75) is 0 Å². The topological polar surface area (TPSA) is 0 Å². The summed E-state index contributed by atoms with van der Waals surface area (Å²) in [7, 11) is -2.66. The molecule has 0 saturated carbocycles. The van der Waals surface area contributed by atoms with E-state index in [-0.39, 0.29) is 0 Å². The molecule has 0 saturated heterocycles. The lowest BCUT2D eigenvalue weighted by atomic mass is 9.88. The zero-order valence-electron chi connectivity index (χ0n) is 29.1. The molecule has 0 spiro atoms. The molecule has 10 aromatic rings. The van der Waals surface area contributed by atoms with E-state index < -0.39 is 8.07 Å². The summed E-state index contributed by atoms with van der Waals surface area (Å²) in [5.41, 5.74) is 7.73. The van der Waals surface area contributed by atoms with Crippen LogP contribution in [0.3, 0.4) is 0 Å². The molecule has 1 aliphatic rings. The van der Waals surface area contributed by atoms with Crippen molar-refractivity contribution < 1.29 is 0 Å². The van der Waals surface area contributed by atoms with Gasteiger partial charge >= 0.3 is 0 Å². The number of hydrogen-bond donors (Lipinski definition) is 0. The molecule has 0 aliphatic carbocycles. The molecular formula is C52H34Si. The van der Waals surface area contributed by atoms with Crippen molar-refractivity contribution in [3.8, 4) is 33.4 Å². The molecule has 0 N–H and O–H groups in total. The first kappa shape index (κ1) is 30.1. The summed E-state index contributed by atoms with van der Waals surface area (Å²) >= 11 is 0. The molecule has 0 nitrogen and oxygen atoms in total. The zero-order valence-corrected chi connectivity index (χ0v) is 30.1. The van der Waals surface area contributed by atoms with Crippen molar-refractivity contribution in [2.24, 2.45) is 0 Å². The summed E-state index contributed by atoms with van der Waals surface area (Å²) in [6.07, 6.45) is 0. The van der Waals surface area contributed by atoms with Gasteiger partial charge in [-0.3, -0.25) is 0 Å². The van der Waals surface area contributed by atoms with Crippen LogP contribution in [-0.4, -0.2) is 8.07 Å². The fourth-order valence-corrected chi connectivity index (χ4v) is 14.7. The van der Waals surface area contributed by atoms with E-state index in [4.69, 9.17) is 0 Å². The van der Waals surface area contributed by atoms with Crippen molar-refractivity contribution in [3.05, 3.63) is 206 Å². The van der Waals surface area contributed by atoms with Crippen LogP contribution in [0.4, 0.5) is 0 Å². The van der Waals surface area contributed by atoms with E-state index in [1.807, 2.05) is 0 Å².